The van der Waals surface area contributed by atoms with Gasteiger partial charge in [-0.2, -0.15) is 11.8 Å². The summed E-state index contributed by atoms with van der Waals surface area (Å²) >= 11 is 2.01. The third-order valence-corrected chi connectivity index (χ3v) is 3.58. The van der Waals surface area contributed by atoms with E-state index in [9.17, 15) is 0 Å². The van der Waals surface area contributed by atoms with E-state index < -0.39 is 0 Å². The van der Waals surface area contributed by atoms with E-state index in [1.165, 1.54) is 17.9 Å². The lowest BCUT2D eigenvalue weighted by Gasteiger charge is -2.21. The molecule has 72 valence electrons. The van der Waals surface area contributed by atoms with Crippen molar-refractivity contribution in [1.29, 1.82) is 0 Å². The first-order chi connectivity index (χ1) is 5.88. The van der Waals surface area contributed by atoms with Gasteiger partial charge >= 0.3 is 0 Å². The predicted molar refractivity (Wildman–Crippen MR) is 54.6 cm³/mol. The molecule has 0 radical (unpaired) electrons. The Labute approximate surface area is 79.1 Å². The minimum absolute atomic E-state index is 0.297. The molecule has 1 rings (SSSR count). The van der Waals surface area contributed by atoms with E-state index in [0.717, 1.165) is 13.0 Å². The summed E-state index contributed by atoms with van der Waals surface area (Å²) in [6.45, 7) is 3.49. The van der Waals surface area contributed by atoms with E-state index in [4.69, 9.17) is 5.11 Å². The number of hydrogen-bond donors (Lipinski definition) is 2. The summed E-state index contributed by atoms with van der Waals surface area (Å²) in [6.07, 6.45) is 2.42. The number of thioether (sulfide) groups is 1. The first-order valence-corrected chi connectivity index (χ1v) is 5.96. The quantitative estimate of drug-likeness (QED) is 0.679. The summed E-state index contributed by atoms with van der Waals surface area (Å²) in [5.74, 6) is 3.20. The van der Waals surface area contributed by atoms with Crippen molar-refractivity contribution in [2.45, 2.75) is 25.8 Å². The number of aliphatic hydroxyl groups is 1. The molecule has 1 aliphatic rings. The highest BCUT2D eigenvalue weighted by atomic mass is 32.2. The van der Waals surface area contributed by atoms with Gasteiger partial charge in [-0.1, -0.05) is 6.92 Å². The fraction of sp³-hybridized carbons (Fsp3) is 1.00. The lowest BCUT2D eigenvalue weighted by Crippen LogP contribution is -2.39. The van der Waals surface area contributed by atoms with Crippen molar-refractivity contribution in [1.82, 2.24) is 5.32 Å². The molecule has 2 nitrogen and oxygen atoms in total. The van der Waals surface area contributed by atoms with Crippen molar-refractivity contribution in [2.24, 2.45) is 5.92 Å². The maximum Gasteiger partial charge on any atom is 0.0587 e. The van der Waals surface area contributed by atoms with Gasteiger partial charge < -0.3 is 10.4 Å². The molecule has 2 unspecified atom stereocenters. The molecule has 1 aliphatic heterocycles. The van der Waals surface area contributed by atoms with E-state index in [-0.39, 0.29) is 0 Å². The second-order valence-corrected chi connectivity index (χ2v) is 4.52. The Hall–Kier alpha value is 0.270. The van der Waals surface area contributed by atoms with Gasteiger partial charge in [-0.25, -0.2) is 0 Å². The van der Waals surface area contributed by atoms with Gasteiger partial charge in [0.15, 0.2) is 0 Å². The van der Waals surface area contributed by atoms with Crippen LogP contribution in [0.15, 0.2) is 0 Å². The molecular weight excluding hydrogens is 170 g/mol. The average Bonchev–Trinajstić information content (AvgIpc) is 2.59. The van der Waals surface area contributed by atoms with Crippen LogP contribution in [-0.2, 0) is 0 Å². The molecule has 0 bridgehead atoms. The highest BCUT2D eigenvalue weighted by Crippen LogP contribution is 2.25. The Kier molecular flexibility index (Phi) is 5.04. The fourth-order valence-electron chi connectivity index (χ4n) is 1.58. The first-order valence-electron chi connectivity index (χ1n) is 4.80. The van der Waals surface area contributed by atoms with E-state index >= 15 is 0 Å². The lowest BCUT2D eigenvalue weighted by molar-refractivity contribution is 0.207. The molecule has 0 aromatic heterocycles. The van der Waals surface area contributed by atoms with Crippen molar-refractivity contribution in [3.8, 4) is 0 Å². The number of rotatable bonds is 5. The summed E-state index contributed by atoms with van der Waals surface area (Å²) in [6, 6.07) is 0.347. The molecule has 0 aliphatic carbocycles. The van der Waals surface area contributed by atoms with Crippen molar-refractivity contribution in [3.05, 3.63) is 0 Å². The standard InChI is InChI=1S/C9H19NOS/c1-2-4-10-9(6-11)8-3-5-12-7-8/h8-11H,2-7H2,1H3. The Morgan fingerprint density at radius 2 is 2.50 bits per heavy atom. The molecule has 2 atom stereocenters. The molecule has 1 fully saturated rings. The Morgan fingerprint density at radius 3 is 3.00 bits per heavy atom. The summed E-state index contributed by atoms with van der Waals surface area (Å²) in [4.78, 5) is 0. The first kappa shape index (κ1) is 10.4. The van der Waals surface area contributed by atoms with Crippen molar-refractivity contribution < 1.29 is 5.11 Å². The monoisotopic (exact) mass is 189 g/mol. The topological polar surface area (TPSA) is 32.3 Å². The zero-order valence-corrected chi connectivity index (χ0v) is 8.57. The zero-order valence-electron chi connectivity index (χ0n) is 7.75. The van der Waals surface area contributed by atoms with Gasteiger partial charge in [0.2, 0.25) is 0 Å². The molecule has 0 amide bonds. The lowest BCUT2D eigenvalue weighted by atomic mass is 10.00. The van der Waals surface area contributed by atoms with Crippen molar-refractivity contribution in [2.75, 3.05) is 24.7 Å². The third kappa shape index (κ3) is 2.96. The van der Waals surface area contributed by atoms with Gasteiger partial charge in [-0.15, -0.1) is 0 Å². The maximum atomic E-state index is 9.14. The maximum absolute atomic E-state index is 9.14. The molecule has 0 aromatic carbocycles. The third-order valence-electron chi connectivity index (χ3n) is 2.39. The normalized spacial score (nSPS) is 26.0. The zero-order chi connectivity index (χ0) is 8.81. The molecule has 0 spiro atoms. The summed E-state index contributed by atoms with van der Waals surface area (Å²) in [5.41, 5.74) is 0. The minimum Gasteiger partial charge on any atom is -0.395 e. The van der Waals surface area contributed by atoms with Crippen LogP contribution in [0, 0.1) is 5.92 Å². The highest BCUT2D eigenvalue weighted by molar-refractivity contribution is 7.99. The molecule has 12 heavy (non-hydrogen) atoms. The van der Waals surface area contributed by atoms with Gasteiger partial charge in [0, 0.05) is 6.04 Å². The Morgan fingerprint density at radius 1 is 1.67 bits per heavy atom. The van der Waals surface area contributed by atoms with Crippen LogP contribution in [0.4, 0.5) is 0 Å². The van der Waals surface area contributed by atoms with Crippen LogP contribution in [0.1, 0.15) is 19.8 Å². The fourth-order valence-corrected chi connectivity index (χ4v) is 2.92. The molecule has 1 saturated heterocycles. The molecule has 0 saturated carbocycles. The summed E-state index contributed by atoms with van der Waals surface area (Å²) in [5, 5.41) is 12.5. The van der Waals surface area contributed by atoms with Crippen LogP contribution >= 0.6 is 11.8 Å². The van der Waals surface area contributed by atoms with Crippen LogP contribution in [0.5, 0.6) is 0 Å². The van der Waals surface area contributed by atoms with Crippen LogP contribution in [0.25, 0.3) is 0 Å². The van der Waals surface area contributed by atoms with Crippen LogP contribution < -0.4 is 5.32 Å². The summed E-state index contributed by atoms with van der Waals surface area (Å²) < 4.78 is 0. The number of hydrogen-bond acceptors (Lipinski definition) is 3. The molecule has 3 heteroatoms. The van der Waals surface area contributed by atoms with E-state index in [2.05, 4.69) is 12.2 Å². The second kappa shape index (κ2) is 5.84. The van der Waals surface area contributed by atoms with Crippen molar-refractivity contribution in [3.63, 3.8) is 0 Å². The minimum atomic E-state index is 0.297. The number of aliphatic hydroxyl groups excluding tert-OH is 1. The SMILES string of the molecule is CCCNC(CO)C1CCSC1. The number of nitrogens with one attached hydrogen (secondary N) is 1. The van der Waals surface area contributed by atoms with Gasteiger partial charge in [0.05, 0.1) is 6.61 Å². The Bertz CT molecular complexity index is 115. The molecular formula is C9H19NOS. The van der Waals surface area contributed by atoms with Crippen molar-refractivity contribution >= 4 is 11.8 Å². The molecule has 2 N–H and O–H groups in total. The molecule has 0 aromatic rings. The highest BCUT2D eigenvalue weighted by Gasteiger charge is 2.23. The van der Waals surface area contributed by atoms with Crippen LogP contribution in [-0.4, -0.2) is 35.8 Å². The average molecular weight is 189 g/mol. The van der Waals surface area contributed by atoms with Gasteiger partial charge in [-0.05, 0) is 36.8 Å². The van der Waals surface area contributed by atoms with Crippen LogP contribution in [0.2, 0.25) is 0 Å². The van der Waals surface area contributed by atoms with Gasteiger partial charge in [0.1, 0.15) is 0 Å². The second-order valence-electron chi connectivity index (χ2n) is 3.37. The van der Waals surface area contributed by atoms with E-state index in [1.54, 1.807) is 0 Å². The van der Waals surface area contributed by atoms with Gasteiger partial charge in [0.25, 0.3) is 0 Å². The smallest absolute Gasteiger partial charge is 0.0587 e. The van der Waals surface area contributed by atoms with E-state index in [1.807, 2.05) is 11.8 Å². The summed E-state index contributed by atoms with van der Waals surface area (Å²) in [7, 11) is 0. The largest absolute Gasteiger partial charge is 0.395 e. The Balaban J connectivity index is 2.22. The van der Waals surface area contributed by atoms with E-state index in [0.29, 0.717) is 18.6 Å². The van der Waals surface area contributed by atoms with Crippen LogP contribution in [0.3, 0.4) is 0 Å². The molecule has 1 heterocycles. The predicted octanol–water partition coefficient (Wildman–Crippen LogP) is 1.10. The van der Waals surface area contributed by atoms with Gasteiger partial charge in [-0.3, -0.25) is 0 Å².